The van der Waals surface area contributed by atoms with Crippen LogP contribution in [-0.4, -0.2) is 19.7 Å². The first-order chi connectivity index (χ1) is 6.81. The van der Waals surface area contributed by atoms with Crippen LogP contribution in [0.25, 0.3) is 5.32 Å². The zero-order valence-electron chi connectivity index (χ0n) is 9.15. The summed E-state index contributed by atoms with van der Waals surface area (Å²) in [7, 11) is 1.61. The summed E-state index contributed by atoms with van der Waals surface area (Å²) in [4.78, 5) is 7.69. The molecule has 0 atom stereocenters. The molecule has 0 fully saturated rings. The summed E-state index contributed by atoms with van der Waals surface area (Å²) in [5.74, 6) is 0.311. The van der Waals surface area contributed by atoms with Gasteiger partial charge in [-0.1, -0.05) is 38.2 Å². The van der Waals surface area contributed by atoms with Crippen molar-refractivity contribution in [2.75, 3.05) is 7.05 Å². The molecule has 0 bridgehead atoms. The normalized spacial score (nSPS) is 9.75. The van der Waals surface area contributed by atoms with Gasteiger partial charge in [0.15, 0.2) is 0 Å². The van der Waals surface area contributed by atoms with Gasteiger partial charge in [0.25, 0.3) is 0 Å². The molecule has 1 radical (unpaired) electrons. The number of nitrogens with zero attached hydrogens (tertiary/aromatic N) is 3. The summed E-state index contributed by atoms with van der Waals surface area (Å²) in [6.45, 7) is 7.20. The maximum Gasteiger partial charge on any atom is 0 e. The van der Waals surface area contributed by atoms with Crippen LogP contribution in [-0.2, 0) is 25.0 Å². The van der Waals surface area contributed by atoms with Crippen molar-refractivity contribution in [3.63, 3.8) is 0 Å². The predicted octanol–water partition coefficient (Wildman–Crippen LogP) is 2.82. The summed E-state index contributed by atoms with van der Waals surface area (Å²) >= 11 is 0. The molecule has 0 spiro atoms. The fraction of sp³-hybridized carbons (Fsp3) is 0.273. The minimum absolute atomic E-state index is 0. The van der Waals surface area contributed by atoms with Crippen molar-refractivity contribution in [2.45, 2.75) is 13.3 Å². The van der Waals surface area contributed by atoms with E-state index in [9.17, 15) is 0 Å². The Hall–Kier alpha value is 0.464. The minimum atomic E-state index is 0. The molecule has 0 N–H and O–H groups in total. The van der Waals surface area contributed by atoms with Crippen LogP contribution in [0.15, 0.2) is 34.3 Å². The number of aliphatic imine (C=N–C) groups is 2. The van der Waals surface area contributed by atoms with E-state index < -0.39 is 0 Å². The Labute approximate surface area is 147 Å². The molecule has 3 nitrogen and oxygen atoms in total. The van der Waals surface area contributed by atoms with Crippen molar-refractivity contribution in [1.82, 2.24) is 0 Å². The van der Waals surface area contributed by atoms with Crippen LogP contribution in [0.5, 0.6) is 0 Å². The number of guanidine groups is 1. The fourth-order valence-electron chi connectivity index (χ4n) is 1.16. The van der Waals surface area contributed by atoms with Gasteiger partial charge in [0.05, 0.1) is 0 Å². The molecule has 1 aromatic rings. The molecule has 0 unspecified atom stereocenters. The molecule has 0 aliphatic rings. The topological polar surface area (TPSA) is 38.8 Å². The average molecular weight is 411 g/mol. The Morgan fingerprint density at radius 1 is 1.38 bits per heavy atom. The van der Waals surface area contributed by atoms with Gasteiger partial charge in [-0.2, -0.15) is 0 Å². The van der Waals surface area contributed by atoms with E-state index in [-0.39, 0.29) is 65.5 Å². The standard InChI is InChI=1S/C11H13N3.V.Yb/c1-4-9-7-5-6-8-10(9)14-11(12-2)13-3;;/h2,5-8H,4H2,1,3H3;;/q-2;;. The van der Waals surface area contributed by atoms with Crippen LogP contribution < -0.4 is 0 Å². The van der Waals surface area contributed by atoms with Crippen LogP contribution in [0.4, 0.5) is 5.69 Å². The van der Waals surface area contributed by atoms with Gasteiger partial charge >= 0.3 is 0 Å². The van der Waals surface area contributed by atoms with E-state index in [2.05, 4.69) is 22.2 Å². The quantitative estimate of drug-likeness (QED) is 0.408. The van der Waals surface area contributed by atoms with Gasteiger partial charge < -0.3 is 15.3 Å². The van der Waals surface area contributed by atoms with Crippen LogP contribution in [0, 0.1) is 46.9 Å². The molecule has 5 heteroatoms. The van der Waals surface area contributed by atoms with Gasteiger partial charge in [0, 0.05) is 65.5 Å². The van der Waals surface area contributed by atoms with E-state index in [1.54, 1.807) is 7.05 Å². The number of hydrogen-bond acceptors (Lipinski definition) is 1. The zero-order chi connectivity index (χ0) is 10.4. The largest absolute Gasteiger partial charge is 0.575 e. The van der Waals surface area contributed by atoms with E-state index in [0.717, 1.165) is 17.7 Å². The summed E-state index contributed by atoms with van der Waals surface area (Å²) in [6, 6.07) is 7.87. The number of rotatable bonds is 2. The maximum absolute atomic E-state index is 5.12. The molecule has 0 heterocycles. The van der Waals surface area contributed by atoms with E-state index in [1.807, 2.05) is 24.3 Å². The van der Waals surface area contributed by atoms with Crippen molar-refractivity contribution in [2.24, 2.45) is 9.98 Å². The predicted molar refractivity (Wildman–Crippen MR) is 60.7 cm³/mol. The number of hydrogen-bond donors (Lipinski definition) is 0. The molecular formula is C11H13N3VYb-2. The third-order valence-corrected chi connectivity index (χ3v) is 1.91. The zero-order valence-corrected chi connectivity index (χ0v) is 12.3. The Morgan fingerprint density at radius 3 is 2.50 bits per heavy atom. The molecule has 0 aliphatic heterocycles. The first kappa shape index (κ1) is 18.8. The third-order valence-electron chi connectivity index (χ3n) is 1.91. The Morgan fingerprint density at radius 2 is 2.00 bits per heavy atom. The third kappa shape index (κ3) is 5.69. The first-order valence-electron chi connectivity index (χ1n) is 4.49. The van der Waals surface area contributed by atoms with Crippen LogP contribution in [0.3, 0.4) is 0 Å². The van der Waals surface area contributed by atoms with E-state index in [4.69, 9.17) is 6.72 Å². The second kappa shape index (κ2) is 10.6. The van der Waals surface area contributed by atoms with Crippen LogP contribution >= 0.6 is 0 Å². The number of aryl methyl sites for hydroxylation is 1. The Bertz CT molecular complexity index is 353. The van der Waals surface area contributed by atoms with Gasteiger partial charge in [-0.15, -0.1) is 5.96 Å². The van der Waals surface area contributed by atoms with Crippen molar-refractivity contribution >= 4 is 18.4 Å². The summed E-state index contributed by atoms with van der Waals surface area (Å²) in [6.07, 6.45) is 0.932. The first-order valence-corrected chi connectivity index (χ1v) is 4.49. The second-order valence-corrected chi connectivity index (χ2v) is 2.75. The molecule has 0 aromatic heterocycles. The molecule has 93 valence electrons. The summed E-state index contributed by atoms with van der Waals surface area (Å²) in [5, 5.41) is 3.84. The molecule has 0 amide bonds. The van der Waals surface area contributed by atoms with E-state index >= 15 is 0 Å². The van der Waals surface area contributed by atoms with Crippen molar-refractivity contribution < 1.29 is 65.5 Å². The van der Waals surface area contributed by atoms with Gasteiger partial charge in [-0.3, -0.25) is 6.72 Å². The second-order valence-electron chi connectivity index (χ2n) is 2.75. The number of benzene rings is 1. The monoisotopic (exact) mass is 412 g/mol. The molecule has 0 saturated heterocycles. The molecule has 0 aliphatic carbocycles. The molecular weight excluding hydrogens is 398 g/mol. The number of para-hydroxylation sites is 1. The van der Waals surface area contributed by atoms with Crippen molar-refractivity contribution in [3.05, 3.63) is 35.1 Å². The molecule has 0 saturated carbocycles. The van der Waals surface area contributed by atoms with Gasteiger partial charge in [-0.05, 0) is 17.7 Å². The van der Waals surface area contributed by atoms with E-state index in [1.165, 1.54) is 0 Å². The van der Waals surface area contributed by atoms with Gasteiger partial charge in [0.2, 0.25) is 0 Å². The fourth-order valence-corrected chi connectivity index (χ4v) is 1.16. The Kier molecular flexibility index (Phi) is 12.5. The van der Waals surface area contributed by atoms with Gasteiger partial charge in [0.1, 0.15) is 0 Å². The molecule has 16 heavy (non-hydrogen) atoms. The van der Waals surface area contributed by atoms with Crippen molar-refractivity contribution in [3.8, 4) is 0 Å². The maximum atomic E-state index is 5.12. The summed E-state index contributed by atoms with van der Waals surface area (Å²) in [5.41, 5.74) is 2.04. The van der Waals surface area contributed by atoms with Gasteiger partial charge in [-0.25, -0.2) is 0 Å². The Balaban J connectivity index is 0. The minimum Gasteiger partial charge on any atom is -0.575 e. The molecule has 1 aromatic carbocycles. The smallest absolute Gasteiger partial charge is 0 e. The average Bonchev–Trinajstić information content (AvgIpc) is 2.26. The van der Waals surface area contributed by atoms with Crippen molar-refractivity contribution in [1.29, 1.82) is 0 Å². The van der Waals surface area contributed by atoms with E-state index in [0.29, 0.717) is 5.96 Å². The van der Waals surface area contributed by atoms with Crippen LogP contribution in [0.2, 0.25) is 0 Å². The van der Waals surface area contributed by atoms with Crippen LogP contribution in [0.1, 0.15) is 12.5 Å². The SMILES string of the molecule is [CH-]=NC(=Nc1ccccc1CC)[N-]C.[V].[Yb]. The summed E-state index contributed by atoms with van der Waals surface area (Å²) < 4.78 is 0. The molecule has 1 rings (SSSR count).